The van der Waals surface area contributed by atoms with Gasteiger partial charge in [0.15, 0.2) is 0 Å². The zero-order valence-electron chi connectivity index (χ0n) is 11.7. The summed E-state index contributed by atoms with van der Waals surface area (Å²) in [4.78, 5) is 14.9. The average Bonchev–Trinajstić information content (AvgIpc) is 2.97. The van der Waals surface area contributed by atoms with Gasteiger partial charge < -0.3 is 5.11 Å². The van der Waals surface area contributed by atoms with Gasteiger partial charge in [0.1, 0.15) is 5.82 Å². The second-order valence-corrected chi connectivity index (χ2v) is 4.74. The van der Waals surface area contributed by atoms with Crippen molar-refractivity contribution in [2.45, 2.75) is 6.92 Å². The summed E-state index contributed by atoms with van der Waals surface area (Å²) >= 11 is 0. The van der Waals surface area contributed by atoms with Crippen molar-refractivity contribution >= 4 is 22.9 Å². The Hall–Kier alpha value is -2.89. The Kier molecular flexibility index (Phi) is 3.06. The molecule has 6 nitrogen and oxygen atoms in total. The lowest BCUT2D eigenvalue weighted by molar-refractivity contribution is -0.131. The van der Waals surface area contributed by atoms with E-state index >= 15 is 0 Å². The van der Waals surface area contributed by atoms with Crippen LogP contribution in [0.1, 0.15) is 11.3 Å². The number of aromatic nitrogens is 4. The van der Waals surface area contributed by atoms with Crippen LogP contribution < -0.4 is 0 Å². The highest BCUT2D eigenvalue weighted by molar-refractivity contribution is 5.87. The zero-order chi connectivity index (χ0) is 15.0. The molecular formula is C15H14N4O2. The number of fused-ring (bicyclic) bond motifs is 1. The van der Waals surface area contributed by atoms with Gasteiger partial charge in [-0.2, -0.15) is 5.10 Å². The molecule has 0 spiro atoms. The third kappa shape index (κ3) is 2.20. The van der Waals surface area contributed by atoms with Crippen LogP contribution >= 0.6 is 0 Å². The van der Waals surface area contributed by atoms with E-state index in [4.69, 9.17) is 5.11 Å². The van der Waals surface area contributed by atoms with Gasteiger partial charge in [0.25, 0.3) is 0 Å². The maximum atomic E-state index is 10.8. The maximum absolute atomic E-state index is 10.8. The van der Waals surface area contributed by atoms with Crippen LogP contribution in [0.4, 0.5) is 0 Å². The van der Waals surface area contributed by atoms with Gasteiger partial charge in [-0.05, 0) is 25.1 Å². The van der Waals surface area contributed by atoms with Crippen molar-refractivity contribution in [2.24, 2.45) is 7.05 Å². The first-order valence-corrected chi connectivity index (χ1v) is 6.44. The number of carbonyl (C=O) groups is 1. The maximum Gasteiger partial charge on any atom is 0.328 e. The van der Waals surface area contributed by atoms with Crippen LogP contribution in [0.3, 0.4) is 0 Å². The van der Waals surface area contributed by atoms with Gasteiger partial charge in [0, 0.05) is 36.5 Å². The van der Waals surface area contributed by atoms with E-state index in [0.717, 1.165) is 34.1 Å². The number of aryl methyl sites for hydroxylation is 2. The Morgan fingerprint density at radius 1 is 1.38 bits per heavy atom. The van der Waals surface area contributed by atoms with E-state index in [1.807, 2.05) is 36.9 Å². The van der Waals surface area contributed by atoms with Crippen molar-refractivity contribution in [3.05, 3.63) is 48.1 Å². The number of aliphatic carboxylic acids is 1. The molecule has 21 heavy (non-hydrogen) atoms. The molecule has 3 rings (SSSR count). The van der Waals surface area contributed by atoms with Gasteiger partial charge in [-0.3, -0.25) is 14.2 Å². The van der Waals surface area contributed by atoms with Gasteiger partial charge in [0.2, 0.25) is 0 Å². The number of nitrogens with zero attached hydrogens (tertiary/aromatic N) is 4. The van der Waals surface area contributed by atoms with E-state index in [9.17, 15) is 4.79 Å². The Morgan fingerprint density at radius 3 is 2.95 bits per heavy atom. The molecule has 3 aromatic rings. The molecule has 0 amide bonds. The Labute approximate surface area is 121 Å². The quantitative estimate of drug-likeness (QED) is 0.747. The van der Waals surface area contributed by atoms with Crippen molar-refractivity contribution in [1.29, 1.82) is 0 Å². The molecule has 1 N–H and O–H groups in total. The summed E-state index contributed by atoms with van der Waals surface area (Å²) in [5, 5.41) is 14.3. The Morgan fingerprint density at radius 2 is 2.19 bits per heavy atom. The highest BCUT2D eigenvalue weighted by Gasteiger charge is 2.14. The summed E-state index contributed by atoms with van der Waals surface area (Å²) in [6.45, 7) is 1.86. The molecule has 106 valence electrons. The zero-order valence-corrected chi connectivity index (χ0v) is 11.7. The van der Waals surface area contributed by atoms with Gasteiger partial charge >= 0.3 is 5.97 Å². The molecule has 0 atom stereocenters. The summed E-state index contributed by atoms with van der Waals surface area (Å²) in [5.41, 5.74) is 2.50. The van der Waals surface area contributed by atoms with Gasteiger partial charge in [0.05, 0.1) is 17.4 Å². The summed E-state index contributed by atoms with van der Waals surface area (Å²) in [6, 6.07) is 3.92. The van der Waals surface area contributed by atoms with Gasteiger partial charge in [-0.15, -0.1) is 0 Å². The Balaban J connectivity index is 2.25. The number of pyridine rings is 1. The molecule has 0 fully saturated rings. The summed E-state index contributed by atoms with van der Waals surface area (Å²) < 4.78 is 3.70. The molecule has 0 radical (unpaired) electrons. The molecular weight excluding hydrogens is 268 g/mol. The van der Waals surface area contributed by atoms with Crippen LogP contribution in [-0.2, 0) is 11.8 Å². The summed E-state index contributed by atoms with van der Waals surface area (Å²) in [6.07, 6.45) is 8.15. The molecule has 0 unspecified atom stereocenters. The van der Waals surface area contributed by atoms with E-state index in [1.54, 1.807) is 23.2 Å². The van der Waals surface area contributed by atoms with Crippen molar-refractivity contribution < 1.29 is 9.90 Å². The van der Waals surface area contributed by atoms with E-state index in [0.29, 0.717) is 0 Å². The van der Waals surface area contributed by atoms with Crippen LogP contribution in [0.5, 0.6) is 0 Å². The largest absolute Gasteiger partial charge is 0.478 e. The Bertz CT molecular complexity index is 858. The van der Waals surface area contributed by atoms with Gasteiger partial charge in [-0.1, -0.05) is 0 Å². The fourth-order valence-corrected chi connectivity index (χ4v) is 2.46. The van der Waals surface area contributed by atoms with E-state index in [2.05, 4.69) is 10.1 Å². The standard InChI is InChI=1S/C15H14N4O2/c1-10-12(3-4-14(20)21)15(18(2)17-10)19-8-6-11-5-7-16-9-13(11)19/h3-9H,1-2H3,(H,20,21). The minimum Gasteiger partial charge on any atom is -0.478 e. The average molecular weight is 282 g/mol. The predicted octanol–water partition coefficient (Wildman–Crippen LogP) is 2.17. The minimum absolute atomic E-state index is 0.774. The third-order valence-corrected chi connectivity index (χ3v) is 3.35. The number of carboxylic acids is 1. The number of hydrogen-bond acceptors (Lipinski definition) is 3. The summed E-state index contributed by atoms with van der Waals surface area (Å²) in [7, 11) is 1.84. The van der Waals surface area contributed by atoms with Crippen molar-refractivity contribution in [3.63, 3.8) is 0 Å². The normalized spacial score (nSPS) is 11.5. The number of hydrogen-bond donors (Lipinski definition) is 1. The molecule has 3 aromatic heterocycles. The molecule has 0 bridgehead atoms. The van der Waals surface area contributed by atoms with Crippen LogP contribution in [0.15, 0.2) is 36.8 Å². The smallest absolute Gasteiger partial charge is 0.328 e. The topological polar surface area (TPSA) is 72.9 Å². The lowest BCUT2D eigenvalue weighted by Gasteiger charge is -2.07. The fourth-order valence-electron chi connectivity index (χ4n) is 2.46. The molecule has 0 aliphatic heterocycles. The van der Waals surface area contributed by atoms with Crippen LogP contribution in [0, 0.1) is 6.92 Å². The first-order chi connectivity index (χ1) is 10.1. The predicted molar refractivity (Wildman–Crippen MR) is 79.2 cm³/mol. The van der Waals surface area contributed by atoms with E-state index in [-0.39, 0.29) is 0 Å². The molecule has 3 heterocycles. The number of carboxylic acid groups (broad SMARTS) is 1. The first kappa shape index (κ1) is 13.1. The van der Waals surface area contributed by atoms with Crippen LogP contribution in [0.2, 0.25) is 0 Å². The summed E-state index contributed by atoms with van der Waals surface area (Å²) in [5.74, 6) is -0.170. The van der Waals surface area contributed by atoms with Crippen molar-refractivity contribution in [1.82, 2.24) is 19.3 Å². The highest BCUT2D eigenvalue weighted by atomic mass is 16.4. The second-order valence-electron chi connectivity index (χ2n) is 4.74. The molecule has 0 aromatic carbocycles. The molecule has 0 saturated heterocycles. The fraction of sp³-hybridized carbons (Fsp3) is 0.133. The van der Waals surface area contributed by atoms with E-state index < -0.39 is 5.97 Å². The molecule has 0 aliphatic carbocycles. The monoisotopic (exact) mass is 282 g/mol. The molecule has 0 saturated carbocycles. The first-order valence-electron chi connectivity index (χ1n) is 6.44. The lowest BCUT2D eigenvalue weighted by Crippen LogP contribution is -2.03. The van der Waals surface area contributed by atoms with E-state index in [1.165, 1.54) is 0 Å². The van der Waals surface area contributed by atoms with Gasteiger partial charge in [-0.25, -0.2) is 4.79 Å². The van der Waals surface area contributed by atoms with Crippen LogP contribution in [0.25, 0.3) is 22.8 Å². The SMILES string of the molecule is Cc1nn(C)c(-n2ccc3ccncc32)c1C=CC(=O)O. The van der Waals surface area contributed by atoms with Crippen LogP contribution in [-0.4, -0.2) is 30.4 Å². The highest BCUT2D eigenvalue weighted by Crippen LogP contribution is 2.24. The molecule has 6 heteroatoms. The minimum atomic E-state index is -0.983. The number of rotatable bonds is 3. The molecule has 0 aliphatic rings. The lowest BCUT2D eigenvalue weighted by atomic mass is 10.2. The second kappa shape index (κ2) is 4.90. The third-order valence-electron chi connectivity index (χ3n) is 3.35. The van der Waals surface area contributed by atoms with Crippen molar-refractivity contribution in [3.8, 4) is 5.82 Å². The van der Waals surface area contributed by atoms with Crippen molar-refractivity contribution in [2.75, 3.05) is 0 Å².